The smallest absolute Gasteiger partial charge is 0.374 e. The lowest BCUT2D eigenvalue weighted by molar-refractivity contribution is -0.155. The summed E-state index contributed by atoms with van der Waals surface area (Å²) in [5, 5.41) is 1.90. The van der Waals surface area contributed by atoms with E-state index >= 15 is 0 Å². The number of aromatic amines is 2. The SMILES string of the molecule is O=C(CCC(=O)C(=O)OCc1c[nH]c2ccccc12)OCc1c[nH]c2ccccc12. The molecule has 2 aromatic heterocycles. The maximum absolute atomic E-state index is 12.0. The highest BCUT2D eigenvalue weighted by Gasteiger charge is 2.18. The van der Waals surface area contributed by atoms with Crippen LogP contribution in [0.15, 0.2) is 60.9 Å². The number of ether oxygens (including phenoxy) is 2. The molecule has 0 amide bonds. The number of benzene rings is 2. The summed E-state index contributed by atoms with van der Waals surface area (Å²) < 4.78 is 10.3. The molecule has 0 atom stereocenters. The third kappa shape index (κ3) is 4.25. The summed E-state index contributed by atoms with van der Waals surface area (Å²) >= 11 is 0. The number of nitrogens with one attached hydrogen (secondary N) is 2. The number of aromatic nitrogens is 2. The molecule has 2 heterocycles. The van der Waals surface area contributed by atoms with Gasteiger partial charge in [0.1, 0.15) is 13.2 Å². The van der Waals surface area contributed by atoms with Gasteiger partial charge in [-0.05, 0) is 12.1 Å². The number of carbonyl (C=O) groups excluding carboxylic acids is 3. The fraction of sp³-hybridized carbons (Fsp3) is 0.174. The summed E-state index contributed by atoms with van der Waals surface area (Å²) in [6.07, 6.45) is 3.10. The highest BCUT2D eigenvalue weighted by atomic mass is 16.5. The quantitative estimate of drug-likeness (QED) is 0.344. The predicted molar refractivity (Wildman–Crippen MR) is 110 cm³/mol. The number of esters is 2. The maximum atomic E-state index is 12.0. The Morgan fingerprint density at radius 1 is 0.700 bits per heavy atom. The van der Waals surface area contributed by atoms with E-state index in [1.807, 2.05) is 48.5 Å². The molecule has 0 aliphatic rings. The summed E-state index contributed by atoms with van der Waals surface area (Å²) in [5.74, 6) is -2.25. The van der Waals surface area contributed by atoms with Crippen LogP contribution in [-0.4, -0.2) is 27.7 Å². The highest BCUT2D eigenvalue weighted by molar-refractivity contribution is 6.33. The van der Waals surface area contributed by atoms with Crippen molar-refractivity contribution < 1.29 is 23.9 Å². The molecule has 30 heavy (non-hydrogen) atoms. The molecule has 2 N–H and O–H groups in total. The number of carbonyl (C=O) groups is 3. The van der Waals surface area contributed by atoms with E-state index in [2.05, 4.69) is 9.97 Å². The number of hydrogen-bond acceptors (Lipinski definition) is 5. The first-order valence-electron chi connectivity index (χ1n) is 9.57. The summed E-state index contributed by atoms with van der Waals surface area (Å²) in [5.41, 5.74) is 3.51. The zero-order chi connectivity index (χ0) is 20.9. The number of Topliss-reactive ketones (excluding diaryl/α,β-unsaturated/α-hetero) is 1. The second-order valence-corrected chi connectivity index (χ2v) is 6.88. The van der Waals surface area contributed by atoms with Gasteiger partial charge in [0.25, 0.3) is 0 Å². The van der Waals surface area contributed by atoms with Gasteiger partial charge in [-0.2, -0.15) is 0 Å². The van der Waals surface area contributed by atoms with E-state index in [0.29, 0.717) is 0 Å². The van der Waals surface area contributed by atoms with Crippen LogP contribution >= 0.6 is 0 Å². The van der Waals surface area contributed by atoms with Gasteiger partial charge in [0.15, 0.2) is 0 Å². The first kappa shape index (κ1) is 19.4. The molecule has 0 saturated heterocycles. The van der Waals surface area contributed by atoms with Crippen molar-refractivity contribution in [2.75, 3.05) is 0 Å². The van der Waals surface area contributed by atoms with Gasteiger partial charge in [-0.15, -0.1) is 0 Å². The molecule has 4 aromatic rings. The standard InChI is InChI=1S/C23H20N2O5/c26-21(23(28)30-14-16-12-25-20-8-4-2-6-18(16)20)9-10-22(27)29-13-15-11-24-19-7-3-1-5-17(15)19/h1-8,11-12,24-25H,9-10,13-14H2. The molecular weight excluding hydrogens is 384 g/mol. The Morgan fingerprint density at radius 2 is 1.23 bits per heavy atom. The van der Waals surface area contributed by atoms with E-state index in [1.165, 1.54) is 0 Å². The summed E-state index contributed by atoms with van der Waals surface area (Å²) in [6.45, 7) is 0.0850. The highest BCUT2D eigenvalue weighted by Crippen LogP contribution is 2.19. The van der Waals surface area contributed by atoms with Crippen LogP contribution in [0.4, 0.5) is 0 Å². The van der Waals surface area contributed by atoms with Crippen LogP contribution in [0.1, 0.15) is 24.0 Å². The van der Waals surface area contributed by atoms with Crippen molar-refractivity contribution >= 4 is 39.5 Å². The molecule has 4 rings (SSSR count). The van der Waals surface area contributed by atoms with Crippen molar-refractivity contribution in [3.8, 4) is 0 Å². The van der Waals surface area contributed by atoms with Gasteiger partial charge in [-0.25, -0.2) is 4.79 Å². The van der Waals surface area contributed by atoms with Crippen molar-refractivity contribution in [1.82, 2.24) is 9.97 Å². The summed E-state index contributed by atoms with van der Waals surface area (Å²) in [6, 6.07) is 15.3. The van der Waals surface area contributed by atoms with Crippen LogP contribution in [0.25, 0.3) is 21.8 Å². The van der Waals surface area contributed by atoms with Gasteiger partial charge in [0, 0.05) is 51.7 Å². The van der Waals surface area contributed by atoms with Gasteiger partial charge in [0.2, 0.25) is 5.78 Å². The molecule has 0 aliphatic carbocycles. The second kappa shape index (κ2) is 8.65. The normalized spacial score (nSPS) is 10.9. The molecule has 2 aromatic carbocycles. The Hall–Kier alpha value is -3.87. The van der Waals surface area contributed by atoms with Gasteiger partial charge in [0.05, 0.1) is 6.42 Å². The third-order valence-corrected chi connectivity index (χ3v) is 4.88. The van der Waals surface area contributed by atoms with E-state index in [-0.39, 0.29) is 26.1 Å². The monoisotopic (exact) mass is 404 g/mol. The van der Waals surface area contributed by atoms with Crippen molar-refractivity contribution in [1.29, 1.82) is 0 Å². The first-order valence-corrected chi connectivity index (χ1v) is 9.57. The second-order valence-electron chi connectivity index (χ2n) is 6.88. The Kier molecular flexibility index (Phi) is 5.61. The van der Waals surface area contributed by atoms with E-state index in [0.717, 1.165) is 32.9 Å². The molecule has 0 aliphatic heterocycles. The molecule has 0 saturated carbocycles. The third-order valence-electron chi connectivity index (χ3n) is 4.88. The topological polar surface area (TPSA) is 101 Å². The zero-order valence-electron chi connectivity index (χ0n) is 16.1. The average Bonchev–Trinajstić information content (AvgIpc) is 3.38. The van der Waals surface area contributed by atoms with E-state index in [9.17, 15) is 14.4 Å². The van der Waals surface area contributed by atoms with Crippen molar-refractivity contribution in [2.45, 2.75) is 26.1 Å². The largest absolute Gasteiger partial charge is 0.461 e. The minimum absolute atomic E-state index is 0.0143. The molecule has 7 heteroatoms. The van der Waals surface area contributed by atoms with E-state index in [4.69, 9.17) is 9.47 Å². The molecule has 0 spiro atoms. The lowest BCUT2D eigenvalue weighted by atomic mass is 10.2. The van der Waals surface area contributed by atoms with E-state index in [1.54, 1.807) is 12.4 Å². The molecule has 0 radical (unpaired) electrons. The Balaban J connectivity index is 1.22. The van der Waals surface area contributed by atoms with Gasteiger partial charge in [-0.1, -0.05) is 36.4 Å². The van der Waals surface area contributed by atoms with Crippen LogP contribution in [0.5, 0.6) is 0 Å². The van der Waals surface area contributed by atoms with Crippen molar-refractivity contribution in [2.24, 2.45) is 0 Å². The minimum Gasteiger partial charge on any atom is -0.461 e. The zero-order valence-corrected chi connectivity index (χ0v) is 16.1. The fourth-order valence-corrected chi connectivity index (χ4v) is 3.27. The number of fused-ring (bicyclic) bond motifs is 2. The Labute approximate surface area is 172 Å². The predicted octanol–water partition coefficient (Wildman–Crippen LogP) is 3.79. The van der Waals surface area contributed by atoms with Crippen molar-refractivity contribution in [3.05, 3.63) is 72.1 Å². The van der Waals surface area contributed by atoms with Gasteiger partial charge < -0.3 is 19.4 Å². The molecular formula is C23H20N2O5. The number of para-hydroxylation sites is 2. The number of rotatable bonds is 8. The Morgan fingerprint density at radius 3 is 1.83 bits per heavy atom. The van der Waals surface area contributed by atoms with E-state index < -0.39 is 17.7 Å². The Bertz CT molecular complexity index is 1220. The fourth-order valence-electron chi connectivity index (χ4n) is 3.27. The molecule has 0 unspecified atom stereocenters. The number of hydrogen-bond donors (Lipinski definition) is 2. The number of H-pyrrole nitrogens is 2. The van der Waals surface area contributed by atoms with Crippen LogP contribution < -0.4 is 0 Å². The number of ketones is 1. The summed E-state index contributed by atoms with van der Waals surface area (Å²) in [7, 11) is 0. The van der Waals surface area contributed by atoms with Crippen LogP contribution in [0, 0.1) is 0 Å². The van der Waals surface area contributed by atoms with Crippen LogP contribution in [0.2, 0.25) is 0 Å². The van der Waals surface area contributed by atoms with Crippen molar-refractivity contribution in [3.63, 3.8) is 0 Å². The van der Waals surface area contributed by atoms with Crippen LogP contribution in [-0.2, 0) is 37.1 Å². The summed E-state index contributed by atoms with van der Waals surface area (Å²) in [4.78, 5) is 42.1. The molecule has 0 bridgehead atoms. The lowest BCUT2D eigenvalue weighted by Crippen LogP contribution is -2.18. The van der Waals surface area contributed by atoms with Gasteiger partial charge >= 0.3 is 11.9 Å². The molecule has 0 fully saturated rings. The maximum Gasteiger partial charge on any atom is 0.374 e. The first-order chi connectivity index (χ1) is 14.6. The average molecular weight is 404 g/mol. The molecule has 7 nitrogen and oxygen atoms in total. The van der Waals surface area contributed by atoms with Gasteiger partial charge in [-0.3, -0.25) is 9.59 Å². The molecule has 152 valence electrons. The van der Waals surface area contributed by atoms with Crippen LogP contribution in [0.3, 0.4) is 0 Å². The minimum atomic E-state index is -0.954. The lowest BCUT2D eigenvalue weighted by Gasteiger charge is -2.05.